The van der Waals surface area contributed by atoms with Crippen molar-refractivity contribution in [2.24, 2.45) is 5.73 Å². The fourth-order valence-corrected chi connectivity index (χ4v) is 3.62. The Morgan fingerprint density at radius 2 is 2.17 bits per heavy atom. The zero-order valence-electron chi connectivity index (χ0n) is 12.1. The van der Waals surface area contributed by atoms with Gasteiger partial charge in [-0.2, -0.15) is 0 Å². The number of halogens is 1. The number of anilines is 1. The molecule has 1 amide bonds. The summed E-state index contributed by atoms with van der Waals surface area (Å²) < 4.78 is 0.990. The Kier molecular flexibility index (Phi) is 5.51. The van der Waals surface area contributed by atoms with Crippen molar-refractivity contribution in [3.8, 4) is 0 Å². The first-order valence-corrected chi connectivity index (χ1v) is 8.21. The molecule has 0 aliphatic carbocycles. The third-order valence-corrected chi connectivity index (χ3v) is 4.73. The maximum atomic E-state index is 11.4. The molecule has 2 rings (SSSR count). The third-order valence-electron chi connectivity index (χ3n) is 3.12. The smallest absolute Gasteiger partial charge is 0.293 e. The number of carbonyl (C=O) groups is 1. The molecule has 23 heavy (non-hydrogen) atoms. The highest BCUT2D eigenvalue weighted by Crippen LogP contribution is 2.32. The van der Waals surface area contributed by atoms with Crippen molar-refractivity contribution in [3.63, 3.8) is 0 Å². The average molecular weight is 396 g/mol. The molecule has 1 aromatic carbocycles. The summed E-state index contributed by atoms with van der Waals surface area (Å²) >= 11 is 4.96. The van der Waals surface area contributed by atoms with Crippen LogP contribution in [-0.2, 0) is 6.54 Å². The lowest BCUT2D eigenvalue weighted by Gasteiger charge is -2.22. The highest BCUT2D eigenvalue weighted by Gasteiger charge is 2.21. The SMILES string of the molecule is C=CCN(Cc1ccc(Br)s1)c1ccc(C(N)=O)cc1[N+](=O)[O-]. The summed E-state index contributed by atoms with van der Waals surface area (Å²) in [4.78, 5) is 25.0. The van der Waals surface area contributed by atoms with E-state index in [1.807, 2.05) is 17.0 Å². The van der Waals surface area contributed by atoms with E-state index in [0.717, 1.165) is 8.66 Å². The molecular formula is C15H14BrN3O3S. The Hall–Kier alpha value is -2.19. The van der Waals surface area contributed by atoms with Crippen molar-refractivity contribution < 1.29 is 9.72 Å². The van der Waals surface area contributed by atoms with Crippen LogP contribution >= 0.6 is 27.3 Å². The van der Waals surface area contributed by atoms with E-state index in [2.05, 4.69) is 22.5 Å². The minimum atomic E-state index is -0.697. The zero-order valence-corrected chi connectivity index (χ0v) is 14.5. The van der Waals surface area contributed by atoms with Gasteiger partial charge in [-0.05, 0) is 40.2 Å². The number of nitrogens with zero attached hydrogens (tertiary/aromatic N) is 2. The van der Waals surface area contributed by atoms with Gasteiger partial charge in [-0.15, -0.1) is 17.9 Å². The van der Waals surface area contributed by atoms with Crippen LogP contribution < -0.4 is 10.6 Å². The lowest BCUT2D eigenvalue weighted by atomic mass is 10.1. The molecular weight excluding hydrogens is 382 g/mol. The Bertz CT molecular complexity index is 760. The van der Waals surface area contributed by atoms with E-state index in [-0.39, 0.29) is 11.3 Å². The third kappa shape index (κ3) is 4.17. The molecule has 120 valence electrons. The standard InChI is InChI=1S/C15H14BrN3O3S/c1-2-7-18(9-11-4-6-14(16)23-11)12-5-3-10(15(17)20)8-13(12)19(21)22/h2-6,8H,1,7,9H2,(H2,17,20). The number of carbonyl (C=O) groups excluding carboxylic acids is 1. The summed E-state index contributed by atoms with van der Waals surface area (Å²) in [6, 6.07) is 8.12. The highest BCUT2D eigenvalue weighted by molar-refractivity contribution is 9.11. The van der Waals surface area contributed by atoms with Crippen LogP contribution in [0.25, 0.3) is 0 Å². The Morgan fingerprint density at radius 3 is 2.70 bits per heavy atom. The molecule has 0 radical (unpaired) electrons. The van der Waals surface area contributed by atoms with E-state index >= 15 is 0 Å². The number of primary amides is 1. The number of thiophene rings is 1. The minimum absolute atomic E-state index is 0.109. The molecule has 0 aliphatic rings. The van der Waals surface area contributed by atoms with Crippen molar-refractivity contribution in [1.29, 1.82) is 0 Å². The van der Waals surface area contributed by atoms with Crippen molar-refractivity contribution in [1.82, 2.24) is 0 Å². The van der Waals surface area contributed by atoms with Gasteiger partial charge in [0, 0.05) is 23.1 Å². The van der Waals surface area contributed by atoms with Crippen LogP contribution in [0.3, 0.4) is 0 Å². The molecule has 1 heterocycles. The Morgan fingerprint density at radius 1 is 1.43 bits per heavy atom. The van der Waals surface area contributed by atoms with Crippen LogP contribution in [0.15, 0.2) is 46.8 Å². The molecule has 0 atom stereocenters. The second-order valence-corrected chi connectivity index (χ2v) is 7.25. The van der Waals surface area contributed by atoms with Crippen molar-refractivity contribution in [2.75, 3.05) is 11.4 Å². The van der Waals surface area contributed by atoms with E-state index in [0.29, 0.717) is 18.8 Å². The van der Waals surface area contributed by atoms with Gasteiger partial charge in [0.2, 0.25) is 5.91 Å². The van der Waals surface area contributed by atoms with Gasteiger partial charge in [-0.3, -0.25) is 14.9 Å². The monoisotopic (exact) mass is 395 g/mol. The molecule has 0 fully saturated rings. The van der Waals surface area contributed by atoms with Crippen LogP contribution in [0.2, 0.25) is 0 Å². The second-order valence-electron chi connectivity index (χ2n) is 4.70. The molecule has 0 aliphatic heterocycles. The fraction of sp³-hybridized carbons (Fsp3) is 0.133. The lowest BCUT2D eigenvalue weighted by molar-refractivity contribution is -0.384. The first-order valence-electron chi connectivity index (χ1n) is 6.60. The van der Waals surface area contributed by atoms with E-state index in [1.54, 1.807) is 23.5 Å². The Labute approximate surface area is 145 Å². The van der Waals surface area contributed by atoms with Gasteiger partial charge >= 0.3 is 0 Å². The first-order chi connectivity index (χ1) is 10.9. The summed E-state index contributed by atoms with van der Waals surface area (Å²) in [5, 5.41) is 11.4. The largest absolute Gasteiger partial charge is 0.366 e. The Balaban J connectivity index is 2.43. The molecule has 2 N–H and O–H groups in total. The van der Waals surface area contributed by atoms with Crippen LogP contribution in [0.4, 0.5) is 11.4 Å². The number of hydrogen-bond donors (Lipinski definition) is 1. The predicted molar refractivity (Wildman–Crippen MR) is 94.9 cm³/mol. The second kappa shape index (κ2) is 7.38. The van der Waals surface area contributed by atoms with Gasteiger partial charge in [-0.1, -0.05) is 6.08 Å². The molecule has 0 spiro atoms. The number of rotatable bonds is 7. The molecule has 8 heteroatoms. The van der Waals surface area contributed by atoms with Gasteiger partial charge in [0.1, 0.15) is 5.69 Å². The van der Waals surface area contributed by atoms with Crippen LogP contribution in [0.1, 0.15) is 15.2 Å². The van der Waals surface area contributed by atoms with Crippen LogP contribution in [0, 0.1) is 10.1 Å². The van der Waals surface area contributed by atoms with Gasteiger partial charge < -0.3 is 10.6 Å². The van der Waals surface area contributed by atoms with E-state index in [4.69, 9.17) is 5.73 Å². The van der Waals surface area contributed by atoms with Gasteiger partial charge in [0.25, 0.3) is 5.69 Å². The van der Waals surface area contributed by atoms with Crippen molar-refractivity contribution in [3.05, 3.63) is 67.3 Å². The highest BCUT2D eigenvalue weighted by atomic mass is 79.9. The van der Waals surface area contributed by atoms with Gasteiger partial charge in [0.15, 0.2) is 0 Å². The number of nitro groups is 1. The maximum Gasteiger partial charge on any atom is 0.293 e. The number of nitro benzene ring substituents is 1. The van der Waals surface area contributed by atoms with E-state index in [1.165, 1.54) is 12.1 Å². The van der Waals surface area contributed by atoms with Crippen molar-refractivity contribution >= 4 is 44.5 Å². The summed E-state index contributed by atoms with van der Waals surface area (Å²) in [6.07, 6.45) is 1.67. The van der Waals surface area contributed by atoms with Crippen LogP contribution in [-0.4, -0.2) is 17.4 Å². The molecule has 6 nitrogen and oxygen atoms in total. The summed E-state index contributed by atoms with van der Waals surface area (Å²) in [5.74, 6) is -0.697. The van der Waals surface area contributed by atoms with E-state index in [9.17, 15) is 14.9 Å². The lowest BCUT2D eigenvalue weighted by Crippen LogP contribution is -2.23. The van der Waals surface area contributed by atoms with E-state index < -0.39 is 10.8 Å². The summed E-state index contributed by atoms with van der Waals surface area (Å²) in [7, 11) is 0. The maximum absolute atomic E-state index is 11.4. The van der Waals surface area contributed by atoms with Crippen LogP contribution in [0.5, 0.6) is 0 Å². The quantitative estimate of drug-likeness (QED) is 0.439. The molecule has 0 bridgehead atoms. The number of benzene rings is 1. The average Bonchev–Trinajstić information content (AvgIpc) is 2.91. The first kappa shape index (κ1) is 17.2. The number of amides is 1. The van der Waals surface area contributed by atoms with Gasteiger partial charge in [0.05, 0.1) is 15.3 Å². The summed E-state index contributed by atoms with van der Waals surface area (Å²) in [5.41, 5.74) is 5.58. The zero-order chi connectivity index (χ0) is 17.0. The number of hydrogen-bond acceptors (Lipinski definition) is 5. The molecule has 1 aromatic heterocycles. The number of nitrogens with two attached hydrogens (primary N) is 1. The minimum Gasteiger partial charge on any atom is -0.366 e. The molecule has 2 aromatic rings. The topological polar surface area (TPSA) is 89.5 Å². The predicted octanol–water partition coefficient (Wildman–Crippen LogP) is 3.71. The molecule has 0 unspecified atom stereocenters. The molecule has 0 saturated carbocycles. The molecule has 0 saturated heterocycles. The van der Waals surface area contributed by atoms with Crippen molar-refractivity contribution in [2.45, 2.75) is 6.54 Å². The normalized spacial score (nSPS) is 10.3. The fourth-order valence-electron chi connectivity index (χ4n) is 2.12. The van der Waals surface area contributed by atoms with Gasteiger partial charge in [-0.25, -0.2) is 0 Å². The summed E-state index contributed by atoms with van der Waals surface area (Å²) in [6.45, 7) is 4.64.